The van der Waals surface area contributed by atoms with Crippen LogP contribution < -0.4 is 10.6 Å². The van der Waals surface area contributed by atoms with Gasteiger partial charge in [0.2, 0.25) is 5.91 Å². The van der Waals surface area contributed by atoms with E-state index in [1.807, 2.05) is 30.3 Å². The number of fused-ring (bicyclic) bond motifs is 1. The van der Waals surface area contributed by atoms with Gasteiger partial charge in [0.1, 0.15) is 22.9 Å². The number of carbonyl (C=O) groups is 2. The molecule has 8 heteroatoms. The van der Waals surface area contributed by atoms with Crippen molar-refractivity contribution >= 4 is 34.4 Å². The molecule has 1 aliphatic carbocycles. The van der Waals surface area contributed by atoms with Crippen LogP contribution in [0.15, 0.2) is 59.2 Å². The van der Waals surface area contributed by atoms with Crippen molar-refractivity contribution in [3.63, 3.8) is 0 Å². The quantitative estimate of drug-likeness (QED) is 0.535. The third kappa shape index (κ3) is 5.25. The van der Waals surface area contributed by atoms with Gasteiger partial charge in [0.05, 0.1) is 11.8 Å². The summed E-state index contributed by atoms with van der Waals surface area (Å²) in [5.41, 5.74) is 2.40. The molecule has 1 unspecified atom stereocenters. The summed E-state index contributed by atoms with van der Waals surface area (Å²) in [6.07, 6.45) is 5.48. The molecule has 2 heterocycles. The molecule has 0 aliphatic heterocycles. The number of ether oxygens (including phenoxy) is 1. The van der Waals surface area contributed by atoms with Crippen LogP contribution >= 0.6 is 11.3 Å². The van der Waals surface area contributed by atoms with Crippen molar-refractivity contribution in [2.75, 3.05) is 5.32 Å². The molecule has 4 rings (SSSR count). The van der Waals surface area contributed by atoms with Crippen molar-refractivity contribution in [2.45, 2.75) is 31.9 Å². The summed E-state index contributed by atoms with van der Waals surface area (Å²) in [5, 5.41) is 15.7. The SMILES string of the molecule is N#Cc1c(NC(=O)C=Cc2ccco2)sc2c1CCC(OC(=O)NCc1ccccc1)C2. The summed E-state index contributed by atoms with van der Waals surface area (Å²) >= 11 is 1.36. The summed E-state index contributed by atoms with van der Waals surface area (Å²) in [6.45, 7) is 0.400. The highest BCUT2D eigenvalue weighted by atomic mass is 32.1. The zero-order valence-corrected chi connectivity index (χ0v) is 18.0. The number of benzene rings is 1. The van der Waals surface area contributed by atoms with Crippen LogP contribution in [0.1, 0.15) is 33.7 Å². The molecule has 7 nitrogen and oxygen atoms in total. The van der Waals surface area contributed by atoms with Crippen LogP contribution in [0.25, 0.3) is 6.08 Å². The predicted octanol–water partition coefficient (Wildman–Crippen LogP) is 4.65. The molecule has 2 aromatic heterocycles. The van der Waals surface area contributed by atoms with Crippen molar-refractivity contribution in [3.05, 3.63) is 82.1 Å². The number of furan rings is 1. The van der Waals surface area contributed by atoms with Crippen molar-refractivity contribution < 1.29 is 18.7 Å². The largest absolute Gasteiger partial charge is 0.465 e. The maximum atomic E-state index is 12.3. The summed E-state index contributed by atoms with van der Waals surface area (Å²) in [7, 11) is 0. The first-order chi connectivity index (χ1) is 15.6. The predicted molar refractivity (Wildman–Crippen MR) is 121 cm³/mol. The number of alkyl carbamates (subject to hydrolysis) is 1. The molecule has 32 heavy (non-hydrogen) atoms. The first kappa shape index (κ1) is 21.4. The van der Waals surface area contributed by atoms with Gasteiger partial charge in [-0.25, -0.2) is 4.79 Å². The second-order valence-electron chi connectivity index (χ2n) is 7.27. The number of carbonyl (C=O) groups excluding carboxylic acids is 2. The minimum Gasteiger partial charge on any atom is -0.465 e. The standard InChI is InChI=1S/C24H21N3O4S/c25-14-20-19-10-8-18(31-24(29)26-15-16-5-2-1-3-6-16)13-21(19)32-23(20)27-22(28)11-9-17-7-4-12-30-17/h1-7,9,11-12,18H,8,10,13,15H2,(H,26,29)(H,27,28). The van der Waals surface area contributed by atoms with Gasteiger partial charge in [-0.3, -0.25) is 4.79 Å². The van der Waals surface area contributed by atoms with Gasteiger partial charge in [0.15, 0.2) is 0 Å². The summed E-state index contributed by atoms with van der Waals surface area (Å²) in [5.74, 6) is 0.223. The van der Waals surface area contributed by atoms with Gasteiger partial charge in [0, 0.05) is 23.9 Å². The van der Waals surface area contributed by atoms with E-state index in [9.17, 15) is 14.9 Å². The molecule has 0 radical (unpaired) electrons. The minimum atomic E-state index is -0.462. The van der Waals surface area contributed by atoms with Gasteiger partial charge in [-0.1, -0.05) is 30.3 Å². The molecule has 3 aromatic rings. The average Bonchev–Trinajstić information content (AvgIpc) is 3.44. The number of nitrogens with zero attached hydrogens (tertiary/aromatic N) is 1. The number of anilines is 1. The van der Waals surface area contributed by atoms with Gasteiger partial charge in [0.25, 0.3) is 0 Å². The maximum Gasteiger partial charge on any atom is 0.407 e. The molecule has 0 saturated heterocycles. The highest BCUT2D eigenvalue weighted by Crippen LogP contribution is 2.38. The lowest BCUT2D eigenvalue weighted by molar-refractivity contribution is -0.111. The fourth-order valence-corrected chi connectivity index (χ4v) is 4.79. The highest BCUT2D eigenvalue weighted by Gasteiger charge is 2.28. The Kier molecular flexibility index (Phi) is 6.68. The zero-order valence-electron chi connectivity index (χ0n) is 17.2. The van der Waals surface area contributed by atoms with E-state index >= 15 is 0 Å². The van der Waals surface area contributed by atoms with E-state index in [-0.39, 0.29) is 12.0 Å². The zero-order chi connectivity index (χ0) is 22.3. The van der Waals surface area contributed by atoms with Crippen molar-refractivity contribution in [2.24, 2.45) is 0 Å². The van der Waals surface area contributed by atoms with E-state index in [0.29, 0.717) is 42.1 Å². The molecular formula is C24H21N3O4S. The van der Waals surface area contributed by atoms with Crippen LogP contribution in [0.4, 0.5) is 9.80 Å². The fraction of sp³-hybridized carbons (Fsp3) is 0.208. The lowest BCUT2D eigenvalue weighted by Gasteiger charge is -2.22. The van der Waals surface area contributed by atoms with Crippen LogP contribution in [0.2, 0.25) is 0 Å². The number of thiophene rings is 1. The van der Waals surface area contributed by atoms with Crippen molar-refractivity contribution in [1.82, 2.24) is 5.32 Å². The third-order valence-electron chi connectivity index (χ3n) is 5.06. The molecule has 1 atom stereocenters. The first-order valence-electron chi connectivity index (χ1n) is 10.2. The van der Waals surface area contributed by atoms with Gasteiger partial charge in [-0.05, 0) is 42.2 Å². The lowest BCUT2D eigenvalue weighted by Crippen LogP contribution is -2.31. The number of amides is 2. The van der Waals surface area contributed by atoms with Crippen LogP contribution in [0.3, 0.4) is 0 Å². The Morgan fingerprint density at radius 3 is 2.84 bits per heavy atom. The average molecular weight is 448 g/mol. The van der Waals surface area contributed by atoms with Crippen LogP contribution in [0.5, 0.6) is 0 Å². The van der Waals surface area contributed by atoms with Crippen LogP contribution in [-0.4, -0.2) is 18.1 Å². The van der Waals surface area contributed by atoms with E-state index < -0.39 is 6.09 Å². The number of hydrogen-bond donors (Lipinski definition) is 2. The fourth-order valence-electron chi connectivity index (χ4n) is 3.52. The minimum absolute atomic E-state index is 0.272. The molecular weight excluding hydrogens is 426 g/mol. The second kappa shape index (κ2) is 9.98. The summed E-state index contributed by atoms with van der Waals surface area (Å²) in [4.78, 5) is 25.4. The van der Waals surface area contributed by atoms with E-state index in [0.717, 1.165) is 16.0 Å². The van der Waals surface area contributed by atoms with Crippen LogP contribution in [0, 0.1) is 11.3 Å². The summed E-state index contributed by atoms with van der Waals surface area (Å²) < 4.78 is 10.7. The van der Waals surface area contributed by atoms with Gasteiger partial charge in [-0.15, -0.1) is 11.3 Å². The smallest absolute Gasteiger partial charge is 0.407 e. The Morgan fingerprint density at radius 2 is 2.09 bits per heavy atom. The second-order valence-corrected chi connectivity index (χ2v) is 8.37. The normalized spacial score (nSPS) is 15.0. The topological polar surface area (TPSA) is 104 Å². The van der Waals surface area contributed by atoms with Gasteiger partial charge >= 0.3 is 6.09 Å². The molecule has 0 spiro atoms. The molecule has 0 saturated carbocycles. The number of nitriles is 1. The van der Waals surface area contributed by atoms with E-state index in [1.165, 1.54) is 23.7 Å². The lowest BCUT2D eigenvalue weighted by atomic mass is 9.94. The molecule has 2 amide bonds. The third-order valence-corrected chi connectivity index (χ3v) is 6.23. The summed E-state index contributed by atoms with van der Waals surface area (Å²) in [6, 6.07) is 15.3. The monoisotopic (exact) mass is 447 g/mol. The molecule has 1 aliphatic rings. The molecule has 0 fully saturated rings. The van der Waals surface area contributed by atoms with E-state index in [1.54, 1.807) is 18.2 Å². The Hall–Kier alpha value is -3.83. The Morgan fingerprint density at radius 1 is 1.25 bits per heavy atom. The Bertz CT molecular complexity index is 1160. The van der Waals surface area contributed by atoms with Gasteiger partial charge < -0.3 is 19.8 Å². The number of hydrogen-bond acceptors (Lipinski definition) is 6. The van der Waals surface area contributed by atoms with Crippen molar-refractivity contribution in [3.8, 4) is 6.07 Å². The molecule has 1 aromatic carbocycles. The number of rotatable bonds is 6. The van der Waals surface area contributed by atoms with E-state index in [4.69, 9.17) is 9.15 Å². The van der Waals surface area contributed by atoms with E-state index in [2.05, 4.69) is 16.7 Å². The van der Waals surface area contributed by atoms with Crippen molar-refractivity contribution in [1.29, 1.82) is 5.26 Å². The molecule has 2 N–H and O–H groups in total. The molecule has 162 valence electrons. The first-order valence-corrected chi connectivity index (χ1v) is 11.0. The van der Waals surface area contributed by atoms with Gasteiger partial charge in [-0.2, -0.15) is 5.26 Å². The Labute approximate surface area is 189 Å². The van der Waals surface area contributed by atoms with Crippen LogP contribution in [-0.2, 0) is 28.9 Å². The number of nitrogens with one attached hydrogen (secondary N) is 2. The molecule has 0 bridgehead atoms. The highest BCUT2D eigenvalue weighted by molar-refractivity contribution is 7.16. The Balaban J connectivity index is 1.36. The maximum absolute atomic E-state index is 12.3.